The predicted molar refractivity (Wildman–Crippen MR) is 79.6 cm³/mol. The van der Waals surface area contributed by atoms with Gasteiger partial charge in [-0.3, -0.25) is 0 Å². The fraction of sp³-hybridized carbons (Fsp3) is 0.647. The van der Waals surface area contributed by atoms with Crippen LogP contribution in [-0.4, -0.2) is 0 Å². The highest BCUT2D eigenvalue weighted by Crippen LogP contribution is 2.33. The lowest BCUT2D eigenvalue weighted by Crippen LogP contribution is -2.11. The van der Waals surface area contributed by atoms with Crippen LogP contribution < -0.4 is 0 Å². The van der Waals surface area contributed by atoms with Crippen LogP contribution in [0.5, 0.6) is 0 Å². The van der Waals surface area contributed by atoms with Crippen LogP contribution in [0, 0.1) is 12.3 Å². The molecule has 0 N–H and O–H groups in total. The number of hydrogen-bond acceptors (Lipinski definition) is 0. The van der Waals surface area contributed by atoms with Gasteiger partial charge in [0.05, 0.1) is 0 Å². The van der Waals surface area contributed by atoms with E-state index in [9.17, 15) is 0 Å². The van der Waals surface area contributed by atoms with Gasteiger partial charge in [0.2, 0.25) is 0 Å². The molecule has 17 heavy (non-hydrogen) atoms. The Morgan fingerprint density at radius 1 is 1.00 bits per heavy atom. The molecule has 1 rings (SSSR count). The van der Waals surface area contributed by atoms with Crippen LogP contribution in [0.4, 0.5) is 0 Å². The Labute approximate surface area is 108 Å². The summed E-state index contributed by atoms with van der Waals surface area (Å²) in [5.74, 6) is 0.714. The van der Waals surface area contributed by atoms with Crippen LogP contribution in [0.1, 0.15) is 71.4 Å². The zero-order valence-electron chi connectivity index (χ0n) is 12.8. The van der Waals surface area contributed by atoms with Gasteiger partial charge in [-0.2, -0.15) is 0 Å². The van der Waals surface area contributed by atoms with Gasteiger partial charge in [0.1, 0.15) is 0 Å². The van der Waals surface area contributed by atoms with Crippen molar-refractivity contribution in [3.8, 4) is 0 Å². The summed E-state index contributed by atoms with van der Waals surface area (Å²) >= 11 is 0. The van der Waals surface area contributed by atoms with Crippen LogP contribution in [0.3, 0.4) is 0 Å². The number of rotatable bonds is 3. The Hall–Kier alpha value is -0.780. The first kappa shape index (κ1) is 16.2. The molecule has 0 aliphatic carbocycles. The Kier molecular flexibility index (Phi) is 7.18. The summed E-state index contributed by atoms with van der Waals surface area (Å²) < 4.78 is 0. The largest absolute Gasteiger partial charge is 0.0683 e. The van der Waals surface area contributed by atoms with Crippen molar-refractivity contribution in [1.82, 2.24) is 0 Å². The third kappa shape index (κ3) is 6.51. The van der Waals surface area contributed by atoms with Gasteiger partial charge in [-0.15, -0.1) is 0 Å². The molecule has 1 atom stereocenters. The summed E-state index contributed by atoms with van der Waals surface area (Å²) in [7, 11) is 0. The van der Waals surface area contributed by atoms with Gasteiger partial charge in [0.25, 0.3) is 0 Å². The zero-order valence-corrected chi connectivity index (χ0v) is 12.8. The Morgan fingerprint density at radius 2 is 1.47 bits per heavy atom. The topological polar surface area (TPSA) is 0 Å². The molecule has 1 aromatic rings. The third-order valence-electron chi connectivity index (χ3n) is 2.90. The molecule has 0 saturated carbocycles. The van der Waals surface area contributed by atoms with E-state index >= 15 is 0 Å². The van der Waals surface area contributed by atoms with Crippen molar-refractivity contribution < 1.29 is 0 Å². The van der Waals surface area contributed by atoms with E-state index < -0.39 is 0 Å². The maximum atomic E-state index is 2.32. The average molecular weight is 234 g/mol. The Bertz CT molecular complexity index is 287. The quantitative estimate of drug-likeness (QED) is 0.606. The second kappa shape index (κ2) is 7.53. The van der Waals surface area contributed by atoms with Gasteiger partial charge in [-0.05, 0) is 36.7 Å². The van der Waals surface area contributed by atoms with E-state index in [4.69, 9.17) is 0 Å². The molecule has 98 valence electrons. The fourth-order valence-electron chi connectivity index (χ4n) is 2.08. The molecular formula is C17H30. The van der Waals surface area contributed by atoms with Gasteiger partial charge in [0, 0.05) is 0 Å². The normalized spacial score (nSPS) is 12.6. The molecule has 0 spiro atoms. The molecule has 0 nitrogen and oxygen atoms in total. The highest BCUT2D eigenvalue weighted by molar-refractivity contribution is 5.24. The lowest BCUT2D eigenvalue weighted by atomic mass is 9.80. The highest BCUT2D eigenvalue weighted by Gasteiger charge is 2.18. The summed E-state index contributed by atoms with van der Waals surface area (Å²) in [6.45, 7) is 15.4. The first-order valence-corrected chi connectivity index (χ1v) is 6.99. The Morgan fingerprint density at radius 3 is 1.82 bits per heavy atom. The average Bonchev–Trinajstić information content (AvgIpc) is 2.29. The maximum absolute atomic E-state index is 2.32. The fourth-order valence-corrected chi connectivity index (χ4v) is 2.08. The van der Waals surface area contributed by atoms with E-state index in [1.807, 2.05) is 13.8 Å². The molecule has 1 aromatic carbocycles. The molecule has 0 heterocycles. The van der Waals surface area contributed by atoms with E-state index in [1.165, 1.54) is 24.0 Å². The van der Waals surface area contributed by atoms with Gasteiger partial charge in [-0.1, -0.05) is 71.4 Å². The van der Waals surface area contributed by atoms with Crippen molar-refractivity contribution in [2.24, 2.45) is 5.41 Å². The molecule has 0 aromatic heterocycles. The molecule has 0 bridgehead atoms. The molecule has 0 aliphatic heterocycles. The van der Waals surface area contributed by atoms with E-state index in [2.05, 4.69) is 58.9 Å². The molecule has 0 fully saturated rings. The van der Waals surface area contributed by atoms with Gasteiger partial charge >= 0.3 is 0 Å². The summed E-state index contributed by atoms with van der Waals surface area (Å²) in [4.78, 5) is 0. The minimum atomic E-state index is 0.422. The van der Waals surface area contributed by atoms with Gasteiger partial charge < -0.3 is 0 Å². The van der Waals surface area contributed by atoms with Crippen molar-refractivity contribution in [3.05, 3.63) is 35.4 Å². The van der Waals surface area contributed by atoms with Crippen LogP contribution in [0.15, 0.2) is 24.3 Å². The number of aryl methyl sites for hydroxylation is 1. The minimum absolute atomic E-state index is 0.422. The first-order valence-electron chi connectivity index (χ1n) is 6.99. The van der Waals surface area contributed by atoms with Crippen molar-refractivity contribution in [2.45, 2.75) is 67.2 Å². The molecule has 1 unspecified atom stereocenters. The summed E-state index contributed by atoms with van der Waals surface area (Å²) in [5.41, 5.74) is 3.27. The lowest BCUT2D eigenvalue weighted by Gasteiger charge is -2.25. The molecule has 0 heteroatoms. The lowest BCUT2D eigenvalue weighted by molar-refractivity contribution is 0.335. The Balaban J connectivity index is 0.00000121. The van der Waals surface area contributed by atoms with Crippen molar-refractivity contribution in [1.29, 1.82) is 0 Å². The van der Waals surface area contributed by atoms with Crippen molar-refractivity contribution in [3.63, 3.8) is 0 Å². The summed E-state index contributed by atoms with van der Waals surface area (Å²) in [6.07, 6.45) is 2.51. The third-order valence-corrected chi connectivity index (χ3v) is 2.90. The predicted octanol–water partition coefficient (Wildman–Crippen LogP) is 5.95. The zero-order chi connectivity index (χ0) is 13.5. The second-order valence-electron chi connectivity index (χ2n) is 5.78. The smallest absolute Gasteiger partial charge is 0.0160 e. The second-order valence-corrected chi connectivity index (χ2v) is 5.78. The minimum Gasteiger partial charge on any atom is -0.0683 e. The van der Waals surface area contributed by atoms with E-state index in [0.717, 1.165) is 0 Å². The monoisotopic (exact) mass is 234 g/mol. The van der Waals surface area contributed by atoms with Crippen LogP contribution in [0.2, 0.25) is 0 Å². The first-order chi connectivity index (χ1) is 7.92. The molecule has 0 saturated heterocycles. The summed E-state index contributed by atoms with van der Waals surface area (Å²) in [5, 5.41) is 0. The molecule has 0 aliphatic rings. The van der Waals surface area contributed by atoms with E-state index in [0.29, 0.717) is 11.3 Å². The SMILES string of the molecule is CC.CCC(CC(C)(C)C)c1ccc(C)cc1. The van der Waals surface area contributed by atoms with Gasteiger partial charge in [-0.25, -0.2) is 0 Å². The van der Waals surface area contributed by atoms with Crippen molar-refractivity contribution in [2.75, 3.05) is 0 Å². The summed E-state index contributed by atoms with van der Waals surface area (Å²) in [6, 6.07) is 9.02. The molecule has 0 radical (unpaired) electrons. The number of benzene rings is 1. The van der Waals surface area contributed by atoms with Crippen LogP contribution in [-0.2, 0) is 0 Å². The van der Waals surface area contributed by atoms with Gasteiger partial charge in [0.15, 0.2) is 0 Å². The molecular weight excluding hydrogens is 204 g/mol. The standard InChI is InChI=1S/C15H24.C2H6/c1-6-13(11-15(3,4)5)14-9-7-12(2)8-10-14;1-2/h7-10,13H,6,11H2,1-5H3;1-2H3. The maximum Gasteiger partial charge on any atom is -0.0160 e. The van der Waals surface area contributed by atoms with Crippen molar-refractivity contribution >= 4 is 0 Å². The van der Waals surface area contributed by atoms with Crippen LogP contribution in [0.25, 0.3) is 0 Å². The van der Waals surface area contributed by atoms with E-state index in [1.54, 1.807) is 0 Å². The highest BCUT2D eigenvalue weighted by atomic mass is 14.2. The van der Waals surface area contributed by atoms with E-state index in [-0.39, 0.29) is 0 Å². The number of hydrogen-bond donors (Lipinski definition) is 0. The molecule has 0 amide bonds. The van der Waals surface area contributed by atoms with Crippen LogP contribution >= 0.6 is 0 Å².